The monoisotopic (exact) mass is 291 g/mol. The molecular formula is C15H21N3OS. The number of carbonyl (C=O) groups is 1. The Hall–Kier alpha value is -1.04. The number of nitrogens with one attached hydrogen (secondary N) is 1. The molecule has 2 saturated heterocycles. The molecule has 5 heteroatoms. The zero-order valence-corrected chi connectivity index (χ0v) is 12.4. The largest absolute Gasteiger partial charge is 0.339 e. The number of hydrogen-bond acceptors (Lipinski definition) is 4. The van der Waals surface area contributed by atoms with E-state index in [-0.39, 0.29) is 5.91 Å². The zero-order valence-electron chi connectivity index (χ0n) is 11.6. The first-order valence-electron chi connectivity index (χ1n) is 7.23. The van der Waals surface area contributed by atoms with Crippen LogP contribution in [0.4, 0.5) is 0 Å². The molecule has 3 rings (SSSR count). The van der Waals surface area contributed by atoms with Crippen LogP contribution in [0.25, 0.3) is 0 Å². The molecular weight excluding hydrogens is 270 g/mol. The van der Waals surface area contributed by atoms with Gasteiger partial charge in [-0.2, -0.15) is 0 Å². The average Bonchev–Trinajstić information content (AvgIpc) is 2.45. The number of amides is 1. The maximum absolute atomic E-state index is 12.2. The van der Waals surface area contributed by atoms with Gasteiger partial charge in [0.1, 0.15) is 0 Å². The molecule has 0 spiro atoms. The van der Waals surface area contributed by atoms with E-state index < -0.39 is 0 Å². The van der Waals surface area contributed by atoms with Gasteiger partial charge in [-0.05, 0) is 12.1 Å². The van der Waals surface area contributed by atoms with Crippen LogP contribution in [-0.4, -0.2) is 66.8 Å². The Labute approximate surface area is 124 Å². The van der Waals surface area contributed by atoms with Crippen molar-refractivity contribution in [3.8, 4) is 0 Å². The zero-order chi connectivity index (χ0) is 13.8. The molecule has 2 heterocycles. The minimum Gasteiger partial charge on any atom is -0.339 e. The van der Waals surface area contributed by atoms with Crippen LogP contribution in [0, 0.1) is 0 Å². The van der Waals surface area contributed by atoms with Gasteiger partial charge in [0, 0.05) is 50.2 Å². The van der Waals surface area contributed by atoms with Crippen LogP contribution in [0.5, 0.6) is 0 Å². The molecule has 0 aromatic heterocycles. The second kappa shape index (κ2) is 6.61. The molecule has 108 valence electrons. The van der Waals surface area contributed by atoms with Crippen LogP contribution in [-0.2, 0) is 4.79 Å². The Balaban J connectivity index is 1.42. The fraction of sp³-hybridized carbons (Fsp3) is 0.533. The van der Waals surface area contributed by atoms with E-state index in [4.69, 9.17) is 0 Å². The number of rotatable bonds is 4. The van der Waals surface area contributed by atoms with Gasteiger partial charge in [-0.1, -0.05) is 18.2 Å². The molecule has 4 nitrogen and oxygen atoms in total. The standard InChI is InChI=1S/C15H21N3OS/c19-15(12-20-14-4-2-1-3-5-14)18-8-6-17(7-9-18)13-10-16-11-13/h1-5,13,16H,6-12H2. The molecule has 0 radical (unpaired) electrons. The number of benzene rings is 1. The van der Waals surface area contributed by atoms with Crippen LogP contribution in [0.15, 0.2) is 35.2 Å². The average molecular weight is 291 g/mol. The third kappa shape index (κ3) is 3.34. The normalized spacial score (nSPS) is 20.7. The highest BCUT2D eigenvalue weighted by Crippen LogP contribution is 2.18. The lowest BCUT2D eigenvalue weighted by atomic mass is 10.1. The summed E-state index contributed by atoms with van der Waals surface area (Å²) in [5.74, 6) is 0.819. The topological polar surface area (TPSA) is 35.6 Å². The fourth-order valence-corrected chi connectivity index (χ4v) is 3.44. The van der Waals surface area contributed by atoms with Crippen molar-refractivity contribution in [2.75, 3.05) is 45.0 Å². The summed E-state index contributed by atoms with van der Waals surface area (Å²) in [5.41, 5.74) is 0. The van der Waals surface area contributed by atoms with E-state index in [1.54, 1.807) is 11.8 Å². The van der Waals surface area contributed by atoms with Crippen molar-refractivity contribution in [1.29, 1.82) is 0 Å². The number of hydrogen-bond donors (Lipinski definition) is 1. The van der Waals surface area contributed by atoms with E-state index in [9.17, 15) is 4.79 Å². The number of carbonyl (C=O) groups excluding carboxylic acids is 1. The van der Waals surface area contributed by atoms with E-state index in [2.05, 4.69) is 22.3 Å². The molecule has 0 atom stereocenters. The molecule has 2 fully saturated rings. The number of thioether (sulfide) groups is 1. The van der Waals surface area contributed by atoms with Gasteiger partial charge in [0.15, 0.2) is 0 Å². The van der Waals surface area contributed by atoms with Crippen LogP contribution in [0.1, 0.15) is 0 Å². The summed E-state index contributed by atoms with van der Waals surface area (Å²) in [4.78, 5) is 17.9. The van der Waals surface area contributed by atoms with Gasteiger partial charge in [-0.3, -0.25) is 9.69 Å². The lowest BCUT2D eigenvalue weighted by molar-refractivity contribution is -0.130. The highest BCUT2D eigenvalue weighted by Gasteiger charge is 2.28. The summed E-state index contributed by atoms with van der Waals surface area (Å²) < 4.78 is 0. The minimum atomic E-state index is 0.269. The molecule has 0 bridgehead atoms. The molecule has 1 aromatic rings. The number of nitrogens with zero attached hydrogens (tertiary/aromatic N) is 2. The predicted molar refractivity (Wildman–Crippen MR) is 82.0 cm³/mol. The van der Waals surface area contributed by atoms with Crippen molar-refractivity contribution >= 4 is 17.7 Å². The first-order valence-corrected chi connectivity index (χ1v) is 8.22. The van der Waals surface area contributed by atoms with Gasteiger partial charge in [-0.15, -0.1) is 11.8 Å². The van der Waals surface area contributed by atoms with Gasteiger partial charge in [0.05, 0.1) is 5.75 Å². The van der Waals surface area contributed by atoms with E-state index in [1.807, 2.05) is 23.1 Å². The van der Waals surface area contributed by atoms with E-state index >= 15 is 0 Å². The molecule has 2 aliphatic heterocycles. The maximum Gasteiger partial charge on any atom is 0.233 e. The van der Waals surface area contributed by atoms with Gasteiger partial charge >= 0.3 is 0 Å². The van der Waals surface area contributed by atoms with Crippen molar-refractivity contribution in [2.24, 2.45) is 0 Å². The Bertz CT molecular complexity index is 442. The van der Waals surface area contributed by atoms with Crippen LogP contribution < -0.4 is 5.32 Å². The van der Waals surface area contributed by atoms with Crippen LogP contribution in [0.3, 0.4) is 0 Å². The van der Waals surface area contributed by atoms with Gasteiger partial charge in [-0.25, -0.2) is 0 Å². The summed E-state index contributed by atoms with van der Waals surface area (Å²) >= 11 is 1.63. The SMILES string of the molecule is O=C(CSc1ccccc1)N1CCN(C2CNC2)CC1. The highest BCUT2D eigenvalue weighted by atomic mass is 32.2. The third-order valence-electron chi connectivity index (χ3n) is 4.05. The predicted octanol–water partition coefficient (Wildman–Crippen LogP) is 0.895. The molecule has 0 saturated carbocycles. The van der Waals surface area contributed by atoms with E-state index in [0.717, 1.165) is 39.3 Å². The molecule has 0 aliphatic carbocycles. The van der Waals surface area contributed by atoms with Crippen LogP contribution in [0.2, 0.25) is 0 Å². The lowest BCUT2D eigenvalue weighted by Gasteiger charge is -2.43. The summed E-state index contributed by atoms with van der Waals surface area (Å²) in [5, 5.41) is 3.31. The molecule has 2 aliphatic rings. The highest BCUT2D eigenvalue weighted by molar-refractivity contribution is 8.00. The first-order chi connectivity index (χ1) is 9.83. The van der Waals surface area contributed by atoms with Gasteiger partial charge < -0.3 is 10.2 Å². The Kier molecular flexibility index (Phi) is 4.60. The van der Waals surface area contributed by atoms with Crippen LogP contribution >= 0.6 is 11.8 Å². The lowest BCUT2D eigenvalue weighted by Crippen LogP contribution is -2.62. The molecule has 20 heavy (non-hydrogen) atoms. The smallest absolute Gasteiger partial charge is 0.233 e. The molecule has 1 amide bonds. The van der Waals surface area contributed by atoms with E-state index in [0.29, 0.717) is 11.8 Å². The fourth-order valence-electron chi connectivity index (χ4n) is 2.62. The Morgan fingerprint density at radius 2 is 1.85 bits per heavy atom. The second-order valence-electron chi connectivity index (χ2n) is 5.33. The number of piperazine rings is 1. The quantitative estimate of drug-likeness (QED) is 0.836. The van der Waals surface area contributed by atoms with Crippen molar-refractivity contribution < 1.29 is 4.79 Å². The first kappa shape index (κ1) is 13.9. The van der Waals surface area contributed by atoms with Crippen molar-refractivity contribution in [1.82, 2.24) is 15.1 Å². The van der Waals surface area contributed by atoms with E-state index in [1.165, 1.54) is 4.90 Å². The van der Waals surface area contributed by atoms with Crippen molar-refractivity contribution in [3.05, 3.63) is 30.3 Å². The van der Waals surface area contributed by atoms with Crippen molar-refractivity contribution in [3.63, 3.8) is 0 Å². The second-order valence-corrected chi connectivity index (χ2v) is 6.38. The minimum absolute atomic E-state index is 0.269. The summed E-state index contributed by atoms with van der Waals surface area (Å²) in [6, 6.07) is 10.8. The molecule has 1 N–H and O–H groups in total. The molecule has 0 unspecified atom stereocenters. The summed E-state index contributed by atoms with van der Waals surface area (Å²) in [6.07, 6.45) is 0. The summed E-state index contributed by atoms with van der Waals surface area (Å²) in [6.45, 7) is 6.02. The Morgan fingerprint density at radius 1 is 1.15 bits per heavy atom. The maximum atomic E-state index is 12.2. The van der Waals surface area contributed by atoms with Crippen molar-refractivity contribution in [2.45, 2.75) is 10.9 Å². The third-order valence-corrected chi connectivity index (χ3v) is 5.05. The Morgan fingerprint density at radius 3 is 2.45 bits per heavy atom. The summed E-state index contributed by atoms with van der Waals surface area (Å²) in [7, 11) is 0. The molecule has 1 aromatic carbocycles. The van der Waals surface area contributed by atoms with Gasteiger partial charge in [0.25, 0.3) is 0 Å². The van der Waals surface area contributed by atoms with Gasteiger partial charge in [0.2, 0.25) is 5.91 Å².